The Morgan fingerprint density at radius 1 is 1.22 bits per heavy atom. The molecule has 1 aromatic carbocycles. The number of H-pyrrole nitrogens is 1. The highest BCUT2D eigenvalue weighted by Crippen LogP contribution is 2.20. The second kappa shape index (κ2) is 7.73. The number of rotatable bonds is 5. The molecular formula is C20H24N6O. The number of hydrogen-bond donors (Lipinski definition) is 1. The van der Waals surface area contributed by atoms with Crippen LogP contribution in [0.15, 0.2) is 42.7 Å². The Morgan fingerprint density at radius 3 is 2.70 bits per heavy atom. The molecule has 4 rings (SSSR count). The van der Waals surface area contributed by atoms with Gasteiger partial charge in [0.25, 0.3) is 5.91 Å². The fourth-order valence-corrected chi connectivity index (χ4v) is 3.57. The van der Waals surface area contributed by atoms with E-state index in [9.17, 15) is 4.79 Å². The van der Waals surface area contributed by atoms with Gasteiger partial charge in [-0.05, 0) is 31.2 Å². The van der Waals surface area contributed by atoms with E-state index in [2.05, 4.69) is 32.4 Å². The van der Waals surface area contributed by atoms with Crippen molar-refractivity contribution in [3.8, 4) is 0 Å². The van der Waals surface area contributed by atoms with Crippen molar-refractivity contribution in [2.45, 2.75) is 32.7 Å². The zero-order chi connectivity index (χ0) is 18.6. The number of benzene rings is 1. The van der Waals surface area contributed by atoms with E-state index in [0.29, 0.717) is 11.7 Å². The van der Waals surface area contributed by atoms with Gasteiger partial charge >= 0.3 is 0 Å². The lowest BCUT2D eigenvalue weighted by Crippen LogP contribution is -2.39. The van der Waals surface area contributed by atoms with Crippen molar-refractivity contribution in [1.29, 1.82) is 0 Å². The van der Waals surface area contributed by atoms with Gasteiger partial charge in [0.2, 0.25) is 0 Å². The van der Waals surface area contributed by atoms with Crippen molar-refractivity contribution < 1.29 is 4.79 Å². The molecule has 0 saturated carbocycles. The molecule has 0 unspecified atom stereocenters. The number of carbonyl (C=O) groups is 1. The number of aryl methyl sites for hydroxylation is 1. The molecule has 0 aliphatic carbocycles. The molecule has 7 heteroatoms. The third kappa shape index (κ3) is 4.24. The molecule has 140 valence electrons. The van der Waals surface area contributed by atoms with Gasteiger partial charge in [0.15, 0.2) is 5.82 Å². The lowest BCUT2D eigenvalue weighted by Gasteiger charge is -2.31. The highest BCUT2D eigenvalue weighted by molar-refractivity contribution is 5.90. The molecule has 3 aromatic rings. The van der Waals surface area contributed by atoms with E-state index >= 15 is 0 Å². The van der Waals surface area contributed by atoms with E-state index in [1.54, 1.807) is 6.20 Å². The summed E-state index contributed by atoms with van der Waals surface area (Å²) in [5.41, 5.74) is 3.14. The summed E-state index contributed by atoms with van der Waals surface area (Å²) in [5.74, 6) is 0.943. The molecule has 0 atom stereocenters. The van der Waals surface area contributed by atoms with Crippen molar-refractivity contribution in [1.82, 2.24) is 29.9 Å². The minimum Gasteiger partial charge on any atom is -0.338 e. The minimum atomic E-state index is -0.00699. The molecular weight excluding hydrogens is 340 g/mol. The van der Waals surface area contributed by atoms with Crippen LogP contribution < -0.4 is 0 Å². The minimum absolute atomic E-state index is 0.00699. The summed E-state index contributed by atoms with van der Waals surface area (Å²) in [4.78, 5) is 21.5. The molecule has 0 bridgehead atoms. The smallest absolute Gasteiger partial charge is 0.289 e. The maximum atomic E-state index is 12.5. The number of aromatic nitrogens is 5. The van der Waals surface area contributed by atoms with Crippen molar-refractivity contribution >= 4 is 5.91 Å². The molecule has 0 radical (unpaired) electrons. The number of amides is 1. The first-order valence-corrected chi connectivity index (χ1v) is 9.41. The standard InChI is InChI=1S/C20H24N6O/c1-15-12-21-19(22-15)20(27)25-9-7-17(8-10-25)13-26-14-18(23-24-26)11-16-5-3-2-4-6-16/h2-6,12,14,17H,7-11,13H2,1H3,(H,21,22). The maximum Gasteiger partial charge on any atom is 0.289 e. The first-order chi connectivity index (χ1) is 13.2. The topological polar surface area (TPSA) is 79.7 Å². The highest BCUT2D eigenvalue weighted by Gasteiger charge is 2.25. The molecule has 0 spiro atoms. The Hall–Kier alpha value is -2.96. The van der Waals surface area contributed by atoms with Gasteiger partial charge in [-0.25, -0.2) is 4.98 Å². The van der Waals surface area contributed by atoms with Gasteiger partial charge in [0, 0.05) is 44.1 Å². The molecule has 2 aromatic heterocycles. The first-order valence-electron chi connectivity index (χ1n) is 9.41. The molecule has 7 nitrogen and oxygen atoms in total. The number of nitrogens with zero attached hydrogens (tertiary/aromatic N) is 5. The number of likely N-dealkylation sites (tertiary alicyclic amines) is 1. The first kappa shape index (κ1) is 17.5. The summed E-state index contributed by atoms with van der Waals surface area (Å²) in [7, 11) is 0. The largest absolute Gasteiger partial charge is 0.338 e. The highest BCUT2D eigenvalue weighted by atomic mass is 16.2. The van der Waals surface area contributed by atoms with Crippen LogP contribution in [0, 0.1) is 12.8 Å². The van der Waals surface area contributed by atoms with Crippen LogP contribution >= 0.6 is 0 Å². The molecule has 1 aliphatic heterocycles. The lowest BCUT2D eigenvalue weighted by atomic mass is 9.97. The second-order valence-electron chi connectivity index (χ2n) is 7.24. The summed E-state index contributed by atoms with van der Waals surface area (Å²) in [6, 6.07) is 10.3. The van der Waals surface area contributed by atoms with E-state index in [0.717, 1.165) is 50.3 Å². The SMILES string of the molecule is Cc1cnc(C(=O)N2CCC(Cn3cc(Cc4ccccc4)nn3)CC2)[nH]1. The fraction of sp³-hybridized carbons (Fsp3) is 0.400. The van der Waals surface area contributed by atoms with E-state index in [1.807, 2.05) is 40.9 Å². The number of aromatic amines is 1. The molecule has 27 heavy (non-hydrogen) atoms. The summed E-state index contributed by atoms with van der Waals surface area (Å²) >= 11 is 0. The van der Waals surface area contributed by atoms with Crippen molar-refractivity contribution in [2.75, 3.05) is 13.1 Å². The van der Waals surface area contributed by atoms with Gasteiger partial charge in [-0.3, -0.25) is 9.48 Å². The maximum absolute atomic E-state index is 12.5. The van der Waals surface area contributed by atoms with E-state index < -0.39 is 0 Å². The lowest BCUT2D eigenvalue weighted by molar-refractivity contribution is 0.0669. The van der Waals surface area contributed by atoms with Gasteiger partial charge in [-0.15, -0.1) is 5.10 Å². The molecule has 3 heterocycles. The Bertz CT molecular complexity index is 892. The molecule has 1 amide bonds. The van der Waals surface area contributed by atoms with Gasteiger partial charge in [0.1, 0.15) is 0 Å². The van der Waals surface area contributed by atoms with Crippen LogP contribution in [-0.2, 0) is 13.0 Å². The van der Waals surface area contributed by atoms with Crippen LogP contribution in [-0.4, -0.2) is 48.9 Å². The van der Waals surface area contributed by atoms with Gasteiger partial charge < -0.3 is 9.88 Å². The average molecular weight is 364 g/mol. The molecule has 1 N–H and O–H groups in total. The Kier molecular flexibility index (Phi) is 5.00. The number of imidazole rings is 1. The van der Waals surface area contributed by atoms with Crippen LogP contribution in [0.5, 0.6) is 0 Å². The van der Waals surface area contributed by atoms with Crippen molar-refractivity contribution in [3.63, 3.8) is 0 Å². The van der Waals surface area contributed by atoms with Crippen LogP contribution in [0.3, 0.4) is 0 Å². The number of carbonyl (C=O) groups excluding carboxylic acids is 1. The summed E-state index contributed by atoms with van der Waals surface area (Å²) in [6.07, 6.45) is 6.48. The second-order valence-corrected chi connectivity index (χ2v) is 7.24. The zero-order valence-corrected chi connectivity index (χ0v) is 15.5. The van der Waals surface area contributed by atoms with E-state index in [1.165, 1.54) is 5.56 Å². The van der Waals surface area contributed by atoms with Crippen LogP contribution in [0.25, 0.3) is 0 Å². The van der Waals surface area contributed by atoms with Crippen molar-refractivity contribution in [3.05, 3.63) is 65.5 Å². The predicted molar refractivity (Wildman–Crippen MR) is 101 cm³/mol. The number of nitrogens with one attached hydrogen (secondary N) is 1. The number of piperidine rings is 1. The molecule has 1 saturated heterocycles. The Labute approximate surface area is 158 Å². The Balaban J connectivity index is 1.29. The monoisotopic (exact) mass is 364 g/mol. The van der Waals surface area contributed by atoms with Gasteiger partial charge in [-0.2, -0.15) is 0 Å². The Morgan fingerprint density at radius 2 is 2.00 bits per heavy atom. The quantitative estimate of drug-likeness (QED) is 0.754. The summed E-state index contributed by atoms with van der Waals surface area (Å²) < 4.78 is 1.94. The predicted octanol–water partition coefficient (Wildman–Crippen LogP) is 2.45. The zero-order valence-electron chi connectivity index (χ0n) is 15.5. The summed E-state index contributed by atoms with van der Waals surface area (Å²) in [5, 5.41) is 8.58. The van der Waals surface area contributed by atoms with Gasteiger partial charge in [-0.1, -0.05) is 35.5 Å². The summed E-state index contributed by atoms with van der Waals surface area (Å²) in [6.45, 7) is 4.27. The average Bonchev–Trinajstić information content (AvgIpc) is 3.31. The fourth-order valence-electron chi connectivity index (χ4n) is 3.57. The third-order valence-corrected chi connectivity index (χ3v) is 5.07. The van der Waals surface area contributed by atoms with Gasteiger partial charge in [0.05, 0.1) is 5.69 Å². The number of hydrogen-bond acceptors (Lipinski definition) is 4. The molecule has 1 aliphatic rings. The van der Waals surface area contributed by atoms with Crippen LogP contribution in [0.4, 0.5) is 0 Å². The van der Waals surface area contributed by atoms with Crippen LogP contribution in [0.2, 0.25) is 0 Å². The normalized spacial score (nSPS) is 15.2. The third-order valence-electron chi connectivity index (χ3n) is 5.07. The van der Waals surface area contributed by atoms with Crippen LogP contribution in [0.1, 0.15) is 40.4 Å². The van der Waals surface area contributed by atoms with E-state index in [4.69, 9.17) is 0 Å². The van der Waals surface area contributed by atoms with E-state index in [-0.39, 0.29) is 5.91 Å². The molecule has 1 fully saturated rings. The van der Waals surface area contributed by atoms with Crippen molar-refractivity contribution in [2.24, 2.45) is 5.92 Å².